The summed E-state index contributed by atoms with van der Waals surface area (Å²) in [6.45, 7) is 2.81. The normalized spacial score (nSPS) is 10.5. The Balaban J connectivity index is 2.84. The van der Waals surface area contributed by atoms with Gasteiger partial charge in [-0.15, -0.1) is 0 Å². The number of urea groups is 1. The molecular weight excluding hydrogens is 266 g/mol. The van der Waals surface area contributed by atoms with Crippen molar-refractivity contribution in [1.29, 1.82) is 0 Å². The first-order valence-electron chi connectivity index (χ1n) is 6.11. The van der Waals surface area contributed by atoms with E-state index in [9.17, 15) is 13.2 Å². The van der Waals surface area contributed by atoms with Gasteiger partial charge in [-0.1, -0.05) is 25.5 Å². The van der Waals surface area contributed by atoms with Crippen molar-refractivity contribution < 1.29 is 13.2 Å². The van der Waals surface area contributed by atoms with Crippen LogP contribution in [0.1, 0.15) is 25.3 Å². The molecule has 0 atom stereocenters. The summed E-state index contributed by atoms with van der Waals surface area (Å²) in [5.41, 5.74) is 6.64. The quantitative estimate of drug-likeness (QED) is 0.537. The Hall–Kier alpha value is -1.60. The summed E-state index contributed by atoms with van der Waals surface area (Å²) in [6, 6.07) is 5.88. The highest BCUT2D eigenvalue weighted by Crippen LogP contribution is 2.15. The lowest BCUT2D eigenvalue weighted by Crippen LogP contribution is -2.39. The van der Waals surface area contributed by atoms with Gasteiger partial charge in [0.05, 0.1) is 5.69 Å². The van der Waals surface area contributed by atoms with Gasteiger partial charge in [0.15, 0.2) is 0 Å². The molecule has 0 bridgehead atoms. The summed E-state index contributed by atoms with van der Waals surface area (Å²) in [5.74, 6) is 0. The Morgan fingerprint density at radius 1 is 1.32 bits per heavy atom. The van der Waals surface area contributed by atoms with E-state index in [1.54, 1.807) is 24.3 Å². The fourth-order valence-electron chi connectivity index (χ4n) is 1.51. The minimum absolute atomic E-state index is 0.308. The molecule has 0 spiro atoms. The fourth-order valence-corrected chi connectivity index (χ4v) is 2.05. The third-order valence-corrected chi connectivity index (χ3v) is 3.32. The molecule has 0 heterocycles. The van der Waals surface area contributed by atoms with E-state index in [4.69, 9.17) is 5.73 Å². The molecule has 0 aliphatic heterocycles. The van der Waals surface area contributed by atoms with Crippen LogP contribution in [0.25, 0.3) is 0 Å². The number of carbonyl (C=O) groups is 1. The molecule has 0 aliphatic rings. The van der Waals surface area contributed by atoms with Crippen molar-refractivity contribution in [3.05, 3.63) is 29.8 Å². The van der Waals surface area contributed by atoms with Gasteiger partial charge < -0.3 is 11.1 Å². The van der Waals surface area contributed by atoms with Crippen molar-refractivity contribution in [3.63, 3.8) is 0 Å². The van der Waals surface area contributed by atoms with Gasteiger partial charge >= 0.3 is 6.03 Å². The van der Waals surface area contributed by atoms with Crippen LogP contribution >= 0.6 is 0 Å². The van der Waals surface area contributed by atoms with Crippen LogP contribution < -0.4 is 15.4 Å². The number of hydrogen-bond acceptors (Lipinski definition) is 4. The zero-order valence-corrected chi connectivity index (χ0v) is 11.7. The molecule has 0 fully saturated rings. The van der Waals surface area contributed by atoms with Gasteiger partial charge in [-0.25, -0.2) is 13.2 Å². The highest BCUT2D eigenvalue weighted by molar-refractivity contribution is 7.75. The van der Waals surface area contributed by atoms with Crippen LogP contribution in [0.2, 0.25) is 0 Å². The molecule has 106 valence electrons. The third kappa shape index (κ3) is 4.53. The van der Waals surface area contributed by atoms with E-state index in [0.29, 0.717) is 18.8 Å². The minimum atomic E-state index is -3.02. The summed E-state index contributed by atoms with van der Waals surface area (Å²) < 4.78 is 23.1. The lowest BCUT2D eigenvalue weighted by atomic mass is 10.2. The van der Waals surface area contributed by atoms with Gasteiger partial charge in [-0.3, -0.25) is 0 Å². The summed E-state index contributed by atoms with van der Waals surface area (Å²) in [6.07, 6.45) is 1.73. The molecule has 1 rings (SSSR count). The van der Waals surface area contributed by atoms with Crippen molar-refractivity contribution in [2.24, 2.45) is 5.73 Å². The van der Waals surface area contributed by atoms with E-state index in [1.807, 2.05) is 6.92 Å². The Kier molecular flexibility index (Phi) is 6.31. The molecule has 0 aromatic heterocycles. The molecule has 7 heteroatoms. The first-order chi connectivity index (χ1) is 9.10. The fraction of sp³-hybridized carbons (Fsp3) is 0.417. The van der Waals surface area contributed by atoms with Crippen molar-refractivity contribution in [2.45, 2.75) is 26.3 Å². The average Bonchev–Trinajstić information content (AvgIpc) is 2.39. The molecule has 0 radical (unpaired) electrons. The molecule has 0 aliphatic carbocycles. The molecule has 2 amide bonds. The van der Waals surface area contributed by atoms with E-state index in [2.05, 4.69) is 5.32 Å². The number of nitrogens with two attached hydrogens (primary N) is 1. The van der Waals surface area contributed by atoms with Crippen LogP contribution in [0.5, 0.6) is 0 Å². The van der Waals surface area contributed by atoms with Crippen LogP contribution in [-0.4, -0.2) is 21.0 Å². The Bertz CT molecular complexity index is 477. The Labute approximate surface area is 114 Å². The van der Waals surface area contributed by atoms with Crippen molar-refractivity contribution in [1.82, 2.24) is 5.32 Å². The number of unbranched alkanes of at least 4 members (excludes halogenated alkanes) is 1. The number of nitrogens with zero attached hydrogens (tertiary/aromatic N) is 1. The van der Waals surface area contributed by atoms with Gasteiger partial charge in [0.2, 0.25) is 10.9 Å². The number of thiol groups is 1. The van der Waals surface area contributed by atoms with Gasteiger partial charge in [0.1, 0.15) is 0 Å². The Morgan fingerprint density at radius 2 is 1.95 bits per heavy atom. The Morgan fingerprint density at radius 3 is 2.42 bits per heavy atom. The topological polar surface area (TPSA) is 92.5 Å². The number of nitrogens with one attached hydrogen (secondary N) is 1. The first kappa shape index (κ1) is 15.5. The van der Waals surface area contributed by atoms with E-state index in [0.717, 1.165) is 22.7 Å². The zero-order valence-electron chi connectivity index (χ0n) is 10.8. The number of amides is 2. The SMILES string of the molecule is CCCCNC(=O)N(c1ccc(CN)cc1)[SH](=O)=O. The molecule has 1 aromatic carbocycles. The molecule has 6 nitrogen and oxygen atoms in total. The van der Waals surface area contributed by atoms with Crippen molar-refractivity contribution >= 4 is 22.6 Å². The van der Waals surface area contributed by atoms with Gasteiger partial charge in [-0.2, -0.15) is 4.31 Å². The number of carbonyl (C=O) groups excluding carboxylic acids is 1. The van der Waals surface area contributed by atoms with E-state index < -0.39 is 16.9 Å². The third-order valence-electron chi connectivity index (χ3n) is 2.58. The van der Waals surface area contributed by atoms with Crippen LogP contribution in [0.3, 0.4) is 0 Å². The van der Waals surface area contributed by atoms with E-state index in [-0.39, 0.29) is 0 Å². The maximum atomic E-state index is 11.8. The zero-order chi connectivity index (χ0) is 14.3. The van der Waals surface area contributed by atoms with E-state index >= 15 is 0 Å². The molecule has 19 heavy (non-hydrogen) atoms. The minimum Gasteiger partial charge on any atom is -0.337 e. The summed E-state index contributed by atoms with van der Waals surface area (Å²) in [7, 11) is -3.02. The van der Waals surface area contributed by atoms with Gasteiger partial charge in [0.25, 0.3) is 0 Å². The predicted molar refractivity (Wildman–Crippen MR) is 75.4 cm³/mol. The number of hydrogen-bond donors (Lipinski definition) is 3. The highest BCUT2D eigenvalue weighted by atomic mass is 32.2. The number of anilines is 1. The van der Waals surface area contributed by atoms with E-state index in [1.165, 1.54) is 0 Å². The van der Waals surface area contributed by atoms with Crippen LogP contribution in [0.15, 0.2) is 24.3 Å². The van der Waals surface area contributed by atoms with Crippen molar-refractivity contribution in [3.8, 4) is 0 Å². The van der Waals surface area contributed by atoms with Crippen LogP contribution in [0.4, 0.5) is 10.5 Å². The summed E-state index contributed by atoms with van der Waals surface area (Å²) >= 11 is 0. The maximum absolute atomic E-state index is 11.8. The second kappa shape index (κ2) is 7.75. The lowest BCUT2D eigenvalue weighted by molar-refractivity contribution is 0.249. The summed E-state index contributed by atoms with van der Waals surface area (Å²) in [5, 5.41) is 2.57. The monoisotopic (exact) mass is 285 g/mol. The molecular formula is C12H19N3O3S. The molecule has 0 saturated heterocycles. The largest absolute Gasteiger partial charge is 0.337 e. The summed E-state index contributed by atoms with van der Waals surface area (Å²) in [4.78, 5) is 11.8. The van der Waals surface area contributed by atoms with Gasteiger partial charge in [-0.05, 0) is 24.1 Å². The average molecular weight is 285 g/mol. The van der Waals surface area contributed by atoms with Crippen LogP contribution in [0, 0.1) is 0 Å². The predicted octanol–water partition coefficient (Wildman–Crippen LogP) is 0.988. The second-order valence-corrected chi connectivity index (χ2v) is 4.88. The molecule has 0 saturated carbocycles. The smallest absolute Gasteiger partial charge is 0.335 e. The number of rotatable bonds is 6. The lowest BCUT2D eigenvalue weighted by Gasteiger charge is -2.16. The maximum Gasteiger partial charge on any atom is 0.335 e. The molecule has 1 aromatic rings. The highest BCUT2D eigenvalue weighted by Gasteiger charge is 2.17. The number of benzene rings is 1. The first-order valence-corrected chi connectivity index (χ1v) is 7.24. The van der Waals surface area contributed by atoms with Gasteiger partial charge in [0, 0.05) is 13.1 Å². The second-order valence-electron chi connectivity index (χ2n) is 4.01. The standard InChI is InChI=1S/C12H19N3O3S/c1-2-3-8-14-12(16)15(19(17)18)11-6-4-10(9-13)5-7-11/h4-7,19H,2-3,8-9,13H2,1H3,(H,14,16). The van der Waals surface area contributed by atoms with Crippen molar-refractivity contribution in [2.75, 3.05) is 10.8 Å². The molecule has 3 N–H and O–H groups in total. The molecule has 0 unspecified atom stereocenters. The van der Waals surface area contributed by atoms with Crippen LogP contribution in [-0.2, 0) is 17.4 Å².